The summed E-state index contributed by atoms with van der Waals surface area (Å²) in [4.78, 5) is 19.0. The summed E-state index contributed by atoms with van der Waals surface area (Å²) in [6.07, 6.45) is 0. The van der Waals surface area contributed by atoms with Crippen LogP contribution in [0.3, 0.4) is 0 Å². The molecule has 0 radical (unpaired) electrons. The summed E-state index contributed by atoms with van der Waals surface area (Å²) in [5.74, 6) is 1.32. The minimum absolute atomic E-state index is 0. The highest BCUT2D eigenvalue weighted by Gasteiger charge is 2.09. The molecule has 154 valence electrons. The summed E-state index contributed by atoms with van der Waals surface area (Å²) >= 11 is 7.56. The Hall–Kier alpha value is -1.52. The predicted molar refractivity (Wildman–Crippen MR) is 127 cm³/mol. The van der Waals surface area contributed by atoms with Gasteiger partial charge < -0.3 is 20.3 Å². The fourth-order valence-corrected chi connectivity index (χ4v) is 3.59. The van der Waals surface area contributed by atoms with E-state index in [1.165, 1.54) is 4.88 Å². The summed E-state index contributed by atoms with van der Waals surface area (Å²) in [5.41, 5.74) is 1.04. The molecular formula is C19H26ClIN4O2S. The lowest BCUT2D eigenvalue weighted by Gasteiger charge is -2.21. The summed E-state index contributed by atoms with van der Waals surface area (Å²) in [6, 6.07) is 11.6. The lowest BCUT2D eigenvalue weighted by molar-refractivity contribution is -0.122. The van der Waals surface area contributed by atoms with Gasteiger partial charge in [-0.25, -0.2) is 0 Å². The van der Waals surface area contributed by atoms with Crippen molar-refractivity contribution in [1.82, 2.24) is 15.5 Å². The van der Waals surface area contributed by atoms with E-state index in [1.807, 2.05) is 55.3 Å². The van der Waals surface area contributed by atoms with Crippen molar-refractivity contribution in [2.45, 2.75) is 20.0 Å². The molecule has 2 N–H and O–H groups in total. The lowest BCUT2D eigenvalue weighted by atomic mass is 10.2. The highest BCUT2D eigenvalue weighted by Crippen LogP contribution is 2.22. The van der Waals surface area contributed by atoms with Crippen LogP contribution in [0.1, 0.15) is 17.4 Å². The first-order valence-corrected chi connectivity index (χ1v) is 9.85. The normalized spacial score (nSPS) is 10.8. The molecule has 1 heterocycles. The number of benzene rings is 1. The molecule has 0 bridgehead atoms. The maximum Gasteiger partial charge on any atom is 0.257 e. The number of carbonyl (C=O) groups excluding carboxylic acids is 1. The summed E-state index contributed by atoms with van der Waals surface area (Å²) in [5, 5.41) is 6.04. The Kier molecular flexibility index (Phi) is 11.2. The Morgan fingerprint density at radius 3 is 2.71 bits per heavy atom. The van der Waals surface area contributed by atoms with Crippen molar-refractivity contribution in [1.29, 1.82) is 0 Å². The molecule has 6 nitrogen and oxygen atoms in total. The number of amides is 1. The molecule has 0 unspecified atom stereocenters. The molecule has 1 amide bonds. The predicted octanol–water partition coefficient (Wildman–Crippen LogP) is 3.74. The number of likely N-dealkylation sites (N-methyl/N-ethyl adjacent to an activating group) is 1. The topological polar surface area (TPSA) is 66.0 Å². The number of nitrogens with zero attached hydrogens (tertiary/aromatic N) is 2. The number of rotatable bonds is 8. The largest absolute Gasteiger partial charge is 0.484 e. The van der Waals surface area contributed by atoms with Gasteiger partial charge in [-0.15, -0.1) is 35.3 Å². The third-order valence-electron chi connectivity index (χ3n) is 3.69. The van der Waals surface area contributed by atoms with Crippen LogP contribution >= 0.6 is 46.9 Å². The SMILES string of the molecule is CCNC(=O)COc1cccc(CNC(=NC)N(C)Cc2ccc(Cl)s2)c1.I. The average Bonchev–Trinajstić information content (AvgIpc) is 3.06. The number of guanidine groups is 1. The number of thiophene rings is 1. The number of aliphatic imine (C=N–C) groups is 1. The molecule has 1 aromatic carbocycles. The highest BCUT2D eigenvalue weighted by atomic mass is 127. The van der Waals surface area contributed by atoms with Crippen molar-refractivity contribution in [2.75, 3.05) is 27.2 Å². The Labute approximate surface area is 192 Å². The molecule has 0 saturated heterocycles. The third kappa shape index (κ3) is 8.24. The van der Waals surface area contributed by atoms with Gasteiger partial charge in [0.25, 0.3) is 5.91 Å². The van der Waals surface area contributed by atoms with Crippen LogP contribution in [0.5, 0.6) is 5.75 Å². The van der Waals surface area contributed by atoms with Crippen molar-refractivity contribution in [2.24, 2.45) is 4.99 Å². The zero-order chi connectivity index (χ0) is 19.6. The summed E-state index contributed by atoms with van der Waals surface area (Å²) in [6.45, 7) is 3.81. The van der Waals surface area contributed by atoms with Crippen molar-refractivity contribution in [3.63, 3.8) is 0 Å². The molecule has 0 saturated carbocycles. The molecule has 9 heteroatoms. The standard InChI is InChI=1S/C19H25ClN4O2S.HI/c1-4-22-18(25)13-26-15-7-5-6-14(10-15)11-23-19(21-2)24(3)12-16-8-9-17(20)27-16;/h5-10H,4,11-13H2,1-3H3,(H,21,23)(H,22,25);1H. The molecule has 0 aliphatic rings. The van der Waals surface area contributed by atoms with Crippen molar-refractivity contribution >= 4 is 58.8 Å². The Balaban J connectivity index is 0.00000392. The first-order chi connectivity index (χ1) is 13.0. The first kappa shape index (κ1) is 24.5. The van der Waals surface area contributed by atoms with Crippen molar-refractivity contribution in [3.8, 4) is 5.75 Å². The Morgan fingerprint density at radius 2 is 2.07 bits per heavy atom. The number of hydrogen-bond donors (Lipinski definition) is 2. The van der Waals surface area contributed by atoms with Crippen molar-refractivity contribution < 1.29 is 9.53 Å². The van der Waals surface area contributed by atoms with E-state index < -0.39 is 0 Å². The molecule has 2 rings (SSSR count). The fourth-order valence-electron chi connectivity index (χ4n) is 2.45. The van der Waals surface area contributed by atoms with Crippen LogP contribution < -0.4 is 15.4 Å². The van der Waals surface area contributed by atoms with Crippen molar-refractivity contribution in [3.05, 3.63) is 51.2 Å². The van der Waals surface area contributed by atoms with Gasteiger partial charge in [0.15, 0.2) is 12.6 Å². The summed E-state index contributed by atoms with van der Waals surface area (Å²) in [7, 11) is 3.74. The molecule has 28 heavy (non-hydrogen) atoms. The first-order valence-electron chi connectivity index (χ1n) is 8.66. The maximum atomic E-state index is 11.5. The van der Waals surface area contributed by atoms with E-state index >= 15 is 0 Å². The molecule has 2 aromatic rings. The highest BCUT2D eigenvalue weighted by molar-refractivity contribution is 14.0. The van der Waals surface area contributed by atoms with Gasteiger partial charge in [0, 0.05) is 32.1 Å². The van der Waals surface area contributed by atoms with Crippen LogP contribution in [0.25, 0.3) is 0 Å². The van der Waals surface area contributed by atoms with E-state index in [1.54, 1.807) is 18.4 Å². The van der Waals surface area contributed by atoms with E-state index in [9.17, 15) is 4.79 Å². The number of carbonyl (C=O) groups is 1. The quantitative estimate of drug-likeness (QED) is 0.306. The van der Waals surface area contributed by atoms with Gasteiger partial charge in [-0.1, -0.05) is 23.7 Å². The van der Waals surface area contributed by atoms with Gasteiger partial charge >= 0.3 is 0 Å². The zero-order valence-corrected chi connectivity index (χ0v) is 20.1. The molecule has 1 aromatic heterocycles. The van der Waals surface area contributed by atoms with Gasteiger partial charge in [0.2, 0.25) is 0 Å². The monoisotopic (exact) mass is 536 g/mol. The second kappa shape index (κ2) is 12.8. The van der Waals surface area contributed by atoms with Crippen LogP contribution in [0.2, 0.25) is 4.34 Å². The third-order valence-corrected chi connectivity index (χ3v) is 4.90. The van der Waals surface area contributed by atoms with Crippen LogP contribution in [-0.2, 0) is 17.9 Å². The van der Waals surface area contributed by atoms with Gasteiger partial charge in [-0.3, -0.25) is 9.79 Å². The van der Waals surface area contributed by atoms with E-state index in [0.717, 1.165) is 22.4 Å². The van der Waals surface area contributed by atoms with E-state index in [4.69, 9.17) is 16.3 Å². The molecular weight excluding hydrogens is 511 g/mol. The van der Waals surface area contributed by atoms with Gasteiger partial charge in [-0.2, -0.15) is 0 Å². The van der Waals surface area contributed by atoms with E-state index in [0.29, 0.717) is 18.8 Å². The molecule has 0 atom stereocenters. The van der Waals surface area contributed by atoms with Gasteiger partial charge in [-0.05, 0) is 36.8 Å². The number of ether oxygens (including phenoxy) is 1. The maximum absolute atomic E-state index is 11.5. The van der Waals surface area contributed by atoms with Gasteiger partial charge in [0.1, 0.15) is 5.75 Å². The van der Waals surface area contributed by atoms with Crippen LogP contribution in [0.4, 0.5) is 0 Å². The zero-order valence-electron chi connectivity index (χ0n) is 16.2. The molecule has 0 aliphatic heterocycles. The van der Waals surface area contributed by atoms with Crippen LogP contribution in [0, 0.1) is 0 Å². The number of nitrogens with one attached hydrogen (secondary N) is 2. The molecule has 0 fully saturated rings. The van der Waals surface area contributed by atoms with E-state index in [-0.39, 0.29) is 36.5 Å². The molecule has 0 aliphatic carbocycles. The smallest absolute Gasteiger partial charge is 0.257 e. The fraction of sp³-hybridized carbons (Fsp3) is 0.368. The van der Waals surface area contributed by atoms with Gasteiger partial charge in [0.05, 0.1) is 10.9 Å². The minimum Gasteiger partial charge on any atom is -0.484 e. The number of halogens is 2. The Morgan fingerprint density at radius 1 is 1.29 bits per heavy atom. The average molecular weight is 537 g/mol. The number of hydrogen-bond acceptors (Lipinski definition) is 4. The van der Waals surface area contributed by atoms with Crippen LogP contribution in [-0.4, -0.2) is 44.0 Å². The molecule has 0 spiro atoms. The van der Waals surface area contributed by atoms with E-state index in [2.05, 4.69) is 15.6 Å². The lowest BCUT2D eigenvalue weighted by Crippen LogP contribution is -2.37. The Bertz CT molecular complexity index is 785. The second-order valence-corrected chi connectivity index (χ2v) is 7.65. The second-order valence-electron chi connectivity index (χ2n) is 5.85. The summed E-state index contributed by atoms with van der Waals surface area (Å²) < 4.78 is 6.31. The van der Waals surface area contributed by atoms with Crippen LogP contribution in [0.15, 0.2) is 41.4 Å². The minimum atomic E-state index is -0.128.